The molecule has 2 aliphatic carbocycles. The number of aliphatic imine (C=N–C) groups is 1. The molecule has 6 nitrogen and oxygen atoms in total. The second kappa shape index (κ2) is 7.84. The Kier molecular flexibility index (Phi) is 5.46. The van der Waals surface area contributed by atoms with Crippen LogP contribution in [0.15, 0.2) is 27.8 Å². The monoisotopic (exact) mass is 374 g/mol. The van der Waals surface area contributed by atoms with E-state index in [2.05, 4.69) is 22.0 Å². The molecule has 150 valence electrons. The predicted molar refractivity (Wildman–Crippen MR) is 107 cm³/mol. The van der Waals surface area contributed by atoms with Crippen LogP contribution in [0.2, 0.25) is 0 Å². The number of hydrogen-bond acceptors (Lipinski definition) is 4. The van der Waals surface area contributed by atoms with Crippen molar-refractivity contribution >= 4 is 5.96 Å². The third-order valence-electron chi connectivity index (χ3n) is 6.71. The summed E-state index contributed by atoms with van der Waals surface area (Å²) in [5.74, 6) is 3.41. The molecule has 2 N–H and O–H groups in total. The molecule has 0 radical (unpaired) electrons. The van der Waals surface area contributed by atoms with Crippen LogP contribution >= 0.6 is 0 Å². The summed E-state index contributed by atoms with van der Waals surface area (Å²) in [5.41, 5.74) is -1.09. The minimum absolute atomic E-state index is 0.287. The molecule has 1 aromatic rings. The molecule has 4 atom stereocenters. The van der Waals surface area contributed by atoms with Crippen molar-refractivity contribution in [2.45, 2.75) is 51.2 Å². The van der Waals surface area contributed by atoms with Crippen LogP contribution in [0.3, 0.4) is 0 Å². The molecule has 0 amide bonds. The number of rotatable bonds is 5. The van der Waals surface area contributed by atoms with E-state index in [0.717, 1.165) is 56.6 Å². The number of nitrogens with one attached hydrogen (secondary N) is 1. The maximum absolute atomic E-state index is 10.7. The Morgan fingerprint density at radius 3 is 2.70 bits per heavy atom. The Morgan fingerprint density at radius 1 is 1.30 bits per heavy atom. The number of piperazine rings is 1. The Balaban J connectivity index is 1.35. The third kappa shape index (κ3) is 4.02. The zero-order chi connectivity index (χ0) is 18.9. The van der Waals surface area contributed by atoms with Gasteiger partial charge in [0.15, 0.2) is 5.96 Å². The van der Waals surface area contributed by atoms with Gasteiger partial charge in [0.25, 0.3) is 0 Å². The van der Waals surface area contributed by atoms with E-state index in [9.17, 15) is 5.11 Å². The molecular formula is C21H34N4O2. The van der Waals surface area contributed by atoms with E-state index >= 15 is 0 Å². The highest BCUT2D eigenvalue weighted by Gasteiger charge is 2.42. The lowest BCUT2D eigenvalue weighted by molar-refractivity contribution is 0.0431. The Bertz CT molecular complexity index is 635. The van der Waals surface area contributed by atoms with Gasteiger partial charge in [-0.2, -0.15) is 0 Å². The van der Waals surface area contributed by atoms with Crippen LogP contribution in [0.4, 0.5) is 0 Å². The topological polar surface area (TPSA) is 64.2 Å². The van der Waals surface area contributed by atoms with Crippen molar-refractivity contribution in [1.29, 1.82) is 0 Å². The molecule has 1 aromatic heterocycles. The van der Waals surface area contributed by atoms with Gasteiger partial charge in [-0.25, -0.2) is 4.99 Å². The lowest BCUT2D eigenvalue weighted by Crippen LogP contribution is -2.55. The summed E-state index contributed by atoms with van der Waals surface area (Å²) in [6.45, 7) is 9.20. The van der Waals surface area contributed by atoms with Gasteiger partial charge >= 0.3 is 0 Å². The third-order valence-corrected chi connectivity index (χ3v) is 6.71. The van der Waals surface area contributed by atoms with Crippen molar-refractivity contribution in [2.75, 3.05) is 39.3 Å². The molecule has 1 aliphatic heterocycles. The van der Waals surface area contributed by atoms with Crippen molar-refractivity contribution in [3.63, 3.8) is 0 Å². The summed E-state index contributed by atoms with van der Waals surface area (Å²) in [6, 6.07) is 4.43. The van der Waals surface area contributed by atoms with E-state index < -0.39 is 5.60 Å². The number of fused-ring (bicyclic) bond motifs is 2. The number of nitrogens with zero attached hydrogens (tertiary/aromatic N) is 3. The molecule has 1 saturated heterocycles. The van der Waals surface area contributed by atoms with E-state index in [1.54, 1.807) is 25.3 Å². The number of furan rings is 1. The summed E-state index contributed by atoms with van der Waals surface area (Å²) in [4.78, 5) is 9.79. The van der Waals surface area contributed by atoms with E-state index in [4.69, 9.17) is 9.41 Å². The van der Waals surface area contributed by atoms with Crippen molar-refractivity contribution in [2.24, 2.45) is 16.8 Å². The molecule has 3 aliphatic rings. The molecule has 2 saturated carbocycles. The minimum Gasteiger partial charge on any atom is -0.466 e. The summed E-state index contributed by atoms with van der Waals surface area (Å²) < 4.78 is 5.37. The molecule has 0 aromatic carbocycles. The van der Waals surface area contributed by atoms with Crippen LogP contribution in [-0.4, -0.2) is 66.2 Å². The fraction of sp³-hybridized carbons (Fsp3) is 0.762. The smallest absolute Gasteiger partial charge is 0.194 e. The van der Waals surface area contributed by atoms with E-state index in [0.29, 0.717) is 5.76 Å². The van der Waals surface area contributed by atoms with Crippen molar-refractivity contribution < 1.29 is 9.52 Å². The van der Waals surface area contributed by atoms with Gasteiger partial charge in [-0.1, -0.05) is 6.42 Å². The maximum atomic E-state index is 10.7. The fourth-order valence-corrected chi connectivity index (χ4v) is 5.24. The normalized spacial score (nSPS) is 31.3. The average molecular weight is 375 g/mol. The van der Waals surface area contributed by atoms with Crippen molar-refractivity contribution in [1.82, 2.24) is 15.1 Å². The first-order valence-electron chi connectivity index (χ1n) is 10.6. The van der Waals surface area contributed by atoms with Gasteiger partial charge in [0, 0.05) is 38.8 Å². The quantitative estimate of drug-likeness (QED) is 0.611. The van der Waals surface area contributed by atoms with Gasteiger partial charge in [0.1, 0.15) is 11.4 Å². The van der Waals surface area contributed by atoms with Crippen LogP contribution in [0.25, 0.3) is 0 Å². The van der Waals surface area contributed by atoms with Crippen LogP contribution in [0.5, 0.6) is 0 Å². The lowest BCUT2D eigenvalue weighted by atomic mass is 9.93. The Morgan fingerprint density at radius 2 is 2.11 bits per heavy atom. The fourth-order valence-electron chi connectivity index (χ4n) is 5.24. The molecule has 4 rings (SSSR count). The molecule has 2 heterocycles. The van der Waals surface area contributed by atoms with Crippen LogP contribution in [0, 0.1) is 11.8 Å². The van der Waals surface area contributed by atoms with Crippen LogP contribution in [-0.2, 0) is 5.60 Å². The van der Waals surface area contributed by atoms with E-state index in [1.807, 2.05) is 0 Å². The van der Waals surface area contributed by atoms with Gasteiger partial charge in [-0.3, -0.25) is 4.90 Å². The van der Waals surface area contributed by atoms with Crippen molar-refractivity contribution in [3.05, 3.63) is 24.2 Å². The SMILES string of the molecule is CCNC(=NCC(C)(O)c1ccco1)N1CCN(C2CC3CCC2C3)CC1. The Hall–Kier alpha value is -1.53. The zero-order valence-electron chi connectivity index (χ0n) is 16.7. The van der Waals surface area contributed by atoms with Gasteiger partial charge < -0.3 is 19.7 Å². The predicted octanol–water partition coefficient (Wildman–Crippen LogP) is 2.26. The molecule has 27 heavy (non-hydrogen) atoms. The van der Waals surface area contributed by atoms with Crippen LogP contribution in [0.1, 0.15) is 45.3 Å². The number of guanidine groups is 1. The zero-order valence-corrected chi connectivity index (χ0v) is 16.7. The van der Waals surface area contributed by atoms with Crippen LogP contribution < -0.4 is 5.32 Å². The Labute approximate surface area is 162 Å². The van der Waals surface area contributed by atoms with Gasteiger partial charge in [0.05, 0.1) is 12.8 Å². The van der Waals surface area contributed by atoms with Crippen molar-refractivity contribution in [3.8, 4) is 0 Å². The average Bonchev–Trinajstić information content (AvgIpc) is 3.43. The largest absolute Gasteiger partial charge is 0.466 e. The number of hydrogen-bond donors (Lipinski definition) is 2. The minimum atomic E-state index is -1.09. The maximum Gasteiger partial charge on any atom is 0.194 e. The summed E-state index contributed by atoms with van der Waals surface area (Å²) in [6.07, 6.45) is 7.39. The lowest BCUT2D eigenvalue weighted by Gasteiger charge is -2.42. The van der Waals surface area contributed by atoms with E-state index in [-0.39, 0.29) is 6.54 Å². The molecule has 6 heteroatoms. The molecule has 4 unspecified atom stereocenters. The first-order valence-corrected chi connectivity index (χ1v) is 10.6. The van der Waals surface area contributed by atoms with Gasteiger partial charge in [-0.15, -0.1) is 0 Å². The summed E-state index contributed by atoms with van der Waals surface area (Å²) >= 11 is 0. The molecule has 3 fully saturated rings. The molecule has 0 spiro atoms. The van der Waals surface area contributed by atoms with Gasteiger partial charge in [-0.05, 0) is 57.1 Å². The highest BCUT2D eigenvalue weighted by atomic mass is 16.4. The highest BCUT2D eigenvalue weighted by molar-refractivity contribution is 5.80. The van der Waals surface area contributed by atoms with Gasteiger partial charge in [0.2, 0.25) is 0 Å². The standard InChI is InChI=1S/C21H34N4O2/c1-3-22-20(23-15-21(2,26)19-5-4-12-27-19)25-10-8-24(9-11-25)18-14-16-6-7-17(18)13-16/h4-5,12,16-18,26H,3,6-11,13-15H2,1-2H3,(H,22,23). The highest BCUT2D eigenvalue weighted by Crippen LogP contribution is 2.46. The first kappa shape index (κ1) is 18.8. The number of aliphatic hydroxyl groups is 1. The molecule has 2 bridgehead atoms. The first-order chi connectivity index (χ1) is 13.1. The second-order valence-corrected chi connectivity index (χ2v) is 8.69. The van der Waals surface area contributed by atoms with E-state index in [1.165, 1.54) is 25.7 Å². The molecular weight excluding hydrogens is 340 g/mol. The second-order valence-electron chi connectivity index (χ2n) is 8.69. The summed E-state index contributed by atoms with van der Waals surface area (Å²) in [7, 11) is 0. The summed E-state index contributed by atoms with van der Waals surface area (Å²) in [5, 5.41) is 14.1.